The topological polar surface area (TPSA) is 18.5 Å². The van der Waals surface area contributed by atoms with Gasteiger partial charge in [-0.15, -0.1) is 11.6 Å². The summed E-state index contributed by atoms with van der Waals surface area (Å²) in [6.07, 6.45) is 0. The van der Waals surface area contributed by atoms with E-state index in [9.17, 15) is 4.39 Å². The molecule has 1 unspecified atom stereocenters. The first-order valence-electron chi connectivity index (χ1n) is 5.77. The molecule has 2 aromatic carbocycles. The molecule has 4 heteroatoms. The van der Waals surface area contributed by atoms with Crippen LogP contribution in [-0.4, -0.2) is 14.2 Å². The van der Waals surface area contributed by atoms with E-state index in [4.69, 9.17) is 21.1 Å². The summed E-state index contributed by atoms with van der Waals surface area (Å²) in [4.78, 5) is 0. The lowest BCUT2D eigenvalue weighted by molar-refractivity contribution is 0.391. The molecule has 0 aliphatic carbocycles. The predicted octanol–water partition coefficient (Wildman–Crippen LogP) is 4.17. The highest BCUT2D eigenvalue weighted by Gasteiger charge is 2.19. The van der Waals surface area contributed by atoms with E-state index in [2.05, 4.69) is 0 Å². The molecule has 100 valence electrons. The van der Waals surface area contributed by atoms with Gasteiger partial charge >= 0.3 is 0 Å². The third-order valence-electron chi connectivity index (χ3n) is 2.89. The lowest BCUT2D eigenvalue weighted by atomic mass is 10.0. The standard InChI is InChI=1S/C15H14ClFO2/c1-18-10-7-8-12(14(9-10)19-2)15(16)11-5-3-4-6-13(11)17/h3-9,15H,1-2H3. The average molecular weight is 281 g/mol. The number of benzene rings is 2. The SMILES string of the molecule is COc1ccc(C(Cl)c2ccccc2F)c(OC)c1. The van der Waals surface area contributed by atoms with E-state index in [1.165, 1.54) is 6.07 Å². The highest BCUT2D eigenvalue weighted by molar-refractivity contribution is 6.22. The Morgan fingerprint density at radius 2 is 1.74 bits per heavy atom. The van der Waals surface area contributed by atoms with Gasteiger partial charge in [0.05, 0.1) is 19.6 Å². The molecule has 0 saturated carbocycles. The molecule has 0 saturated heterocycles. The number of halogens is 2. The molecule has 0 heterocycles. The molecule has 1 atom stereocenters. The third kappa shape index (κ3) is 2.82. The summed E-state index contributed by atoms with van der Waals surface area (Å²) in [7, 11) is 3.12. The van der Waals surface area contributed by atoms with Gasteiger partial charge < -0.3 is 9.47 Å². The molecule has 0 amide bonds. The van der Waals surface area contributed by atoms with E-state index in [0.717, 1.165) is 0 Å². The van der Waals surface area contributed by atoms with Gasteiger partial charge in [0.15, 0.2) is 0 Å². The van der Waals surface area contributed by atoms with E-state index < -0.39 is 5.38 Å². The summed E-state index contributed by atoms with van der Waals surface area (Å²) in [5.41, 5.74) is 1.13. The Hall–Kier alpha value is -1.74. The van der Waals surface area contributed by atoms with Crippen LogP contribution in [-0.2, 0) is 0 Å². The fourth-order valence-corrected chi connectivity index (χ4v) is 2.23. The quantitative estimate of drug-likeness (QED) is 0.783. The number of rotatable bonds is 4. The van der Waals surface area contributed by atoms with Gasteiger partial charge in [0.1, 0.15) is 17.3 Å². The van der Waals surface area contributed by atoms with Crippen LogP contribution in [0.15, 0.2) is 42.5 Å². The van der Waals surface area contributed by atoms with Crippen LogP contribution in [0.3, 0.4) is 0 Å². The predicted molar refractivity (Wildman–Crippen MR) is 73.6 cm³/mol. The Morgan fingerprint density at radius 1 is 1.00 bits per heavy atom. The van der Waals surface area contributed by atoms with Gasteiger partial charge in [0.25, 0.3) is 0 Å². The summed E-state index contributed by atoms with van der Waals surface area (Å²) in [5, 5.41) is -0.609. The summed E-state index contributed by atoms with van der Waals surface area (Å²) in [6, 6.07) is 11.7. The lowest BCUT2D eigenvalue weighted by Gasteiger charge is -2.15. The van der Waals surface area contributed by atoms with E-state index >= 15 is 0 Å². The number of methoxy groups -OCH3 is 2. The van der Waals surface area contributed by atoms with Crippen LogP contribution in [0.5, 0.6) is 11.5 Å². The first-order valence-corrected chi connectivity index (χ1v) is 6.21. The highest BCUT2D eigenvalue weighted by atomic mass is 35.5. The highest BCUT2D eigenvalue weighted by Crippen LogP contribution is 2.37. The van der Waals surface area contributed by atoms with Gasteiger partial charge in [-0.05, 0) is 18.2 Å². The first kappa shape index (κ1) is 13.7. The van der Waals surface area contributed by atoms with E-state index in [1.54, 1.807) is 50.6 Å². The number of hydrogen-bond acceptors (Lipinski definition) is 2. The summed E-state index contributed by atoms with van der Waals surface area (Å²) < 4.78 is 24.2. The van der Waals surface area contributed by atoms with E-state index in [1.807, 2.05) is 0 Å². The number of alkyl halides is 1. The molecule has 19 heavy (non-hydrogen) atoms. The van der Waals surface area contributed by atoms with Crippen molar-refractivity contribution in [2.45, 2.75) is 5.38 Å². The fourth-order valence-electron chi connectivity index (χ4n) is 1.88. The van der Waals surface area contributed by atoms with Crippen LogP contribution in [0.2, 0.25) is 0 Å². The van der Waals surface area contributed by atoms with E-state index in [-0.39, 0.29) is 5.82 Å². The summed E-state index contributed by atoms with van der Waals surface area (Å²) in [6.45, 7) is 0. The molecule has 0 radical (unpaired) electrons. The van der Waals surface area contributed by atoms with Gasteiger partial charge in [0, 0.05) is 17.2 Å². The molecule has 0 spiro atoms. The Morgan fingerprint density at radius 3 is 2.37 bits per heavy atom. The van der Waals surface area contributed by atoms with Crippen LogP contribution < -0.4 is 9.47 Å². The first-order chi connectivity index (χ1) is 9.17. The van der Waals surface area contributed by atoms with Crippen molar-refractivity contribution in [2.75, 3.05) is 14.2 Å². The minimum Gasteiger partial charge on any atom is -0.497 e. The van der Waals surface area contributed by atoms with Crippen LogP contribution in [0, 0.1) is 5.82 Å². The Kier molecular flexibility index (Phi) is 4.27. The van der Waals surface area contributed by atoms with Crippen molar-refractivity contribution in [2.24, 2.45) is 0 Å². The Balaban J connectivity index is 2.44. The van der Waals surface area contributed by atoms with Crippen molar-refractivity contribution in [1.29, 1.82) is 0 Å². The van der Waals surface area contributed by atoms with E-state index in [0.29, 0.717) is 22.6 Å². The molecular weight excluding hydrogens is 267 g/mol. The normalized spacial score (nSPS) is 12.0. The number of hydrogen-bond donors (Lipinski definition) is 0. The summed E-state index contributed by atoms with van der Waals surface area (Å²) in [5.74, 6) is 0.904. The van der Waals surface area contributed by atoms with Gasteiger partial charge in [-0.2, -0.15) is 0 Å². The van der Waals surface area contributed by atoms with Crippen molar-refractivity contribution in [3.8, 4) is 11.5 Å². The van der Waals surface area contributed by atoms with Gasteiger partial charge in [-0.1, -0.05) is 18.2 Å². The van der Waals surface area contributed by atoms with Crippen molar-refractivity contribution in [1.82, 2.24) is 0 Å². The van der Waals surface area contributed by atoms with Crippen LogP contribution in [0.4, 0.5) is 4.39 Å². The van der Waals surface area contributed by atoms with Crippen molar-refractivity contribution < 1.29 is 13.9 Å². The second-order valence-corrected chi connectivity index (χ2v) is 4.43. The van der Waals surface area contributed by atoms with Crippen molar-refractivity contribution in [3.63, 3.8) is 0 Å². The maximum Gasteiger partial charge on any atom is 0.128 e. The second-order valence-electron chi connectivity index (χ2n) is 3.99. The zero-order valence-corrected chi connectivity index (χ0v) is 11.4. The summed E-state index contributed by atoms with van der Waals surface area (Å²) >= 11 is 6.36. The molecule has 0 fully saturated rings. The van der Waals surface area contributed by atoms with Gasteiger partial charge in [0.2, 0.25) is 0 Å². The van der Waals surface area contributed by atoms with Crippen LogP contribution >= 0.6 is 11.6 Å². The minimum absolute atomic E-state index is 0.333. The van der Waals surface area contributed by atoms with Crippen LogP contribution in [0.25, 0.3) is 0 Å². The molecule has 0 bridgehead atoms. The molecular formula is C15H14ClFO2. The fraction of sp³-hybridized carbons (Fsp3) is 0.200. The molecule has 0 aromatic heterocycles. The molecule has 0 N–H and O–H groups in total. The second kappa shape index (κ2) is 5.93. The largest absolute Gasteiger partial charge is 0.497 e. The molecule has 2 nitrogen and oxygen atoms in total. The number of ether oxygens (including phenoxy) is 2. The van der Waals surface area contributed by atoms with Gasteiger partial charge in [-0.25, -0.2) is 4.39 Å². The molecule has 0 aliphatic heterocycles. The lowest BCUT2D eigenvalue weighted by Crippen LogP contribution is -2.00. The zero-order chi connectivity index (χ0) is 13.8. The Bertz CT molecular complexity index is 572. The maximum atomic E-state index is 13.8. The minimum atomic E-state index is -0.609. The third-order valence-corrected chi connectivity index (χ3v) is 3.36. The molecule has 2 aromatic rings. The molecule has 2 rings (SSSR count). The molecule has 0 aliphatic rings. The van der Waals surface area contributed by atoms with Crippen molar-refractivity contribution >= 4 is 11.6 Å². The van der Waals surface area contributed by atoms with Crippen molar-refractivity contribution in [3.05, 3.63) is 59.4 Å². The zero-order valence-electron chi connectivity index (χ0n) is 10.7. The average Bonchev–Trinajstić information content (AvgIpc) is 2.46. The monoisotopic (exact) mass is 280 g/mol. The Labute approximate surface area is 116 Å². The smallest absolute Gasteiger partial charge is 0.128 e. The van der Waals surface area contributed by atoms with Crippen LogP contribution in [0.1, 0.15) is 16.5 Å². The van der Waals surface area contributed by atoms with Gasteiger partial charge in [-0.3, -0.25) is 0 Å². The maximum absolute atomic E-state index is 13.8.